The highest BCUT2D eigenvalue weighted by atomic mass is 32.2. The van der Waals surface area contributed by atoms with Gasteiger partial charge < -0.3 is 9.84 Å². The first-order valence-corrected chi connectivity index (χ1v) is 10.2. The van der Waals surface area contributed by atoms with E-state index in [4.69, 9.17) is 4.74 Å². The first-order valence-electron chi connectivity index (χ1n) is 8.76. The summed E-state index contributed by atoms with van der Waals surface area (Å²) < 4.78 is 61.0. The lowest BCUT2D eigenvalue weighted by Gasteiger charge is -2.32. The molecule has 1 unspecified atom stereocenters. The van der Waals surface area contributed by atoms with Crippen LogP contribution < -0.4 is 4.74 Å². The van der Waals surface area contributed by atoms with Crippen molar-refractivity contribution in [1.82, 2.24) is 19.1 Å². The van der Waals surface area contributed by atoms with Crippen LogP contribution in [0.1, 0.15) is 5.56 Å². The van der Waals surface area contributed by atoms with E-state index in [1.54, 1.807) is 0 Å². The van der Waals surface area contributed by atoms with E-state index >= 15 is 0 Å². The smallest absolute Gasteiger partial charge is 0.242 e. The number of aromatic nitrogens is 3. The van der Waals surface area contributed by atoms with Gasteiger partial charge in [-0.05, 0) is 30.3 Å². The van der Waals surface area contributed by atoms with Crippen molar-refractivity contribution < 1.29 is 27.0 Å². The topological polar surface area (TPSA) is 97.6 Å². The van der Waals surface area contributed by atoms with Crippen molar-refractivity contribution >= 4 is 10.0 Å². The molecule has 0 radical (unpaired) electrons. The zero-order valence-corrected chi connectivity index (χ0v) is 17.1. The van der Waals surface area contributed by atoms with Gasteiger partial charge in [-0.25, -0.2) is 26.9 Å². The SMILES string of the molecule is COc1ccc(S(=O)(=O)N(C)CC(O)(Cn2cncn2)c2ccc(F)cc2F)cc1. The number of aliphatic hydroxyl groups is 1. The molecule has 0 saturated carbocycles. The van der Waals surface area contributed by atoms with Gasteiger partial charge in [-0.3, -0.25) is 0 Å². The van der Waals surface area contributed by atoms with E-state index in [9.17, 15) is 22.3 Å². The van der Waals surface area contributed by atoms with E-state index in [0.29, 0.717) is 11.8 Å². The van der Waals surface area contributed by atoms with Crippen LogP contribution in [0.3, 0.4) is 0 Å². The standard InChI is InChI=1S/C19H20F2N4O4S/c1-24(30(27,28)16-6-4-15(29-2)5-7-16)10-19(26,11-25-13-22-12-23-25)17-8-3-14(20)9-18(17)21/h3-9,12-13,26H,10-11H2,1-2H3. The molecule has 30 heavy (non-hydrogen) atoms. The zero-order chi connectivity index (χ0) is 21.9. The summed E-state index contributed by atoms with van der Waals surface area (Å²) in [6.07, 6.45) is 2.52. The number of nitrogens with zero attached hydrogens (tertiary/aromatic N) is 4. The fraction of sp³-hybridized carbons (Fsp3) is 0.263. The Labute approximate surface area is 172 Å². The Hall–Kier alpha value is -2.89. The number of likely N-dealkylation sites (N-methyl/N-ethyl adjacent to an activating group) is 1. The predicted octanol–water partition coefficient (Wildman–Crippen LogP) is 1.77. The van der Waals surface area contributed by atoms with E-state index in [2.05, 4.69) is 10.1 Å². The molecule has 3 aromatic rings. The normalized spacial score (nSPS) is 13.9. The third kappa shape index (κ3) is 4.48. The first kappa shape index (κ1) is 21.8. The minimum Gasteiger partial charge on any atom is -0.497 e. The summed E-state index contributed by atoms with van der Waals surface area (Å²) in [4.78, 5) is 3.74. The maximum Gasteiger partial charge on any atom is 0.242 e. The van der Waals surface area contributed by atoms with Gasteiger partial charge in [-0.2, -0.15) is 9.40 Å². The molecule has 0 aliphatic carbocycles. The number of hydrogen-bond acceptors (Lipinski definition) is 6. The second-order valence-corrected chi connectivity index (χ2v) is 8.73. The number of halogens is 2. The summed E-state index contributed by atoms with van der Waals surface area (Å²) >= 11 is 0. The number of ether oxygens (including phenoxy) is 1. The average Bonchev–Trinajstić information content (AvgIpc) is 3.20. The summed E-state index contributed by atoms with van der Waals surface area (Å²) in [5, 5.41) is 15.2. The van der Waals surface area contributed by atoms with Crippen LogP contribution in [0.4, 0.5) is 8.78 Å². The summed E-state index contributed by atoms with van der Waals surface area (Å²) in [7, 11) is -1.32. The van der Waals surface area contributed by atoms with E-state index in [1.807, 2.05) is 0 Å². The molecule has 0 saturated heterocycles. The van der Waals surface area contributed by atoms with Gasteiger partial charge in [0.1, 0.15) is 35.6 Å². The molecule has 0 spiro atoms. The lowest BCUT2D eigenvalue weighted by molar-refractivity contribution is -0.00112. The highest BCUT2D eigenvalue weighted by Gasteiger charge is 2.38. The molecule has 3 rings (SSSR count). The molecule has 0 aliphatic heterocycles. The molecule has 2 aromatic carbocycles. The molecule has 8 nitrogen and oxygen atoms in total. The Kier molecular flexibility index (Phi) is 6.15. The maximum absolute atomic E-state index is 14.5. The lowest BCUT2D eigenvalue weighted by Crippen LogP contribution is -2.45. The minimum absolute atomic E-state index is 0.0338. The van der Waals surface area contributed by atoms with Gasteiger partial charge in [0.25, 0.3) is 0 Å². The van der Waals surface area contributed by atoms with Crippen molar-refractivity contribution in [2.45, 2.75) is 17.0 Å². The Morgan fingerprint density at radius 3 is 2.47 bits per heavy atom. The van der Waals surface area contributed by atoms with Crippen LogP contribution in [0, 0.1) is 11.6 Å². The van der Waals surface area contributed by atoms with Crippen LogP contribution >= 0.6 is 0 Å². The molecular formula is C19H20F2N4O4S. The number of benzene rings is 2. The van der Waals surface area contributed by atoms with Crippen molar-refractivity contribution in [2.24, 2.45) is 0 Å². The van der Waals surface area contributed by atoms with Crippen molar-refractivity contribution in [3.05, 3.63) is 72.3 Å². The highest BCUT2D eigenvalue weighted by molar-refractivity contribution is 7.89. The quantitative estimate of drug-likeness (QED) is 0.576. The predicted molar refractivity (Wildman–Crippen MR) is 103 cm³/mol. The molecule has 11 heteroatoms. The van der Waals surface area contributed by atoms with Gasteiger partial charge in [0.05, 0.1) is 18.6 Å². The van der Waals surface area contributed by atoms with E-state index < -0.39 is 33.8 Å². The van der Waals surface area contributed by atoms with Crippen LogP contribution in [0.2, 0.25) is 0 Å². The van der Waals surface area contributed by atoms with Gasteiger partial charge in [-0.15, -0.1) is 0 Å². The van der Waals surface area contributed by atoms with E-state index in [1.165, 1.54) is 55.8 Å². The van der Waals surface area contributed by atoms with Crippen LogP contribution in [0.25, 0.3) is 0 Å². The molecule has 160 valence electrons. The average molecular weight is 438 g/mol. The summed E-state index contributed by atoms with van der Waals surface area (Å²) in [6.45, 7) is -0.832. The fourth-order valence-corrected chi connectivity index (χ4v) is 4.27. The van der Waals surface area contributed by atoms with Gasteiger partial charge in [0.15, 0.2) is 0 Å². The van der Waals surface area contributed by atoms with Crippen LogP contribution in [-0.2, 0) is 22.2 Å². The Balaban J connectivity index is 1.97. The van der Waals surface area contributed by atoms with Crippen molar-refractivity contribution in [3.8, 4) is 5.75 Å². The third-order valence-electron chi connectivity index (χ3n) is 4.57. The summed E-state index contributed by atoms with van der Waals surface area (Å²) in [5.41, 5.74) is -2.32. The molecule has 0 bridgehead atoms. The molecule has 0 fully saturated rings. The third-order valence-corrected chi connectivity index (χ3v) is 6.39. The minimum atomic E-state index is -4.03. The molecule has 1 heterocycles. The fourth-order valence-electron chi connectivity index (χ4n) is 3.05. The van der Waals surface area contributed by atoms with Crippen molar-refractivity contribution in [3.63, 3.8) is 0 Å². The largest absolute Gasteiger partial charge is 0.497 e. The maximum atomic E-state index is 14.5. The summed E-state index contributed by atoms with van der Waals surface area (Å²) in [6, 6.07) is 8.39. The van der Waals surface area contributed by atoms with Gasteiger partial charge >= 0.3 is 0 Å². The first-order chi connectivity index (χ1) is 14.2. The molecule has 0 amide bonds. The Morgan fingerprint density at radius 1 is 1.20 bits per heavy atom. The summed E-state index contributed by atoms with van der Waals surface area (Å²) in [5.74, 6) is -1.35. The molecule has 0 aliphatic rings. The van der Waals surface area contributed by atoms with Gasteiger partial charge in [0.2, 0.25) is 10.0 Å². The van der Waals surface area contributed by atoms with E-state index in [0.717, 1.165) is 16.4 Å². The molecular weight excluding hydrogens is 418 g/mol. The number of hydrogen-bond donors (Lipinski definition) is 1. The number of sulfonamides is 1. The Morgan fingerprint density at radius 2 is 1.90 bits per heavy atom. The lowest BCUT2D eigenvalue weighted by atomic mass is 9.93. The second kappa shape index (κ2) is 8.46. The molecule has 1 N–H and O–H groups in total. The van der Waals surface area contributed by atoms with Crippen LogP contribution in [0.5, 0.6) is 5.75 Å². The molecule has 1 aromatic heterocycles. The van der Waals surface area contributed by atoms with Crippen molar-refractivity contribution in [1.29, 1.82) is 0 Å². The van der Waals surface area contributed by atoms with E-state index in [-0.39, 0.29) is 17.0 Å². The van der Waals surface area contributed by atoms with Gasteiger partial charge in [-0.1, -0.05) is 6.07 Å². The van der Waals surface area contributed by atoms with Gasteiger partial charge in [0, 0.05) is 25.2 Å². The second-order valence-electron chi connectivity index (χ2n) is 6.69. The monoisotopic (exact) mass is 438 g/mol. The highest BCUT2D eigenvalue weighted by Crippen LogP contribution is 2.29. The number of rotatable bonds is 8. The van der Waals surface area contributed by atoms with Crippen molar-refractivity contribution in [2.75, 3.05) is 20.7 Å². The van der Waals surface area contributed by atoms with Crippen LogP contribution in [0.15, 0.2) is 60.0 Å². The zero-order valence-electron chi connectivity index (χ0n) is 16.2. The molecule has 1 atom stereocenters. The number of methoxy groups -OCH3 is 1. The Bertz CT molecular complexity index is 1110. The van der Waals surface area contributed by atoms with Crippen LogP contribution in [-0.4, -0.2) is 53.3 Å².